The Labute approximate surface area is 228 Å². The summed E-state index contributed by atoms with van der Waals surface area (Å²) in [4.78, 5) is 49.4. The van der Waals surface area contributed by atoms with Crippen LogP contribution in [0.15, 0.2) is 58.6 Å². The first-order valence-corrected chi connectivity index (χ1v) is 12.6. The quantitative estimate of drug-likeness (QED) is 0.235. The number of allylic oxidation sites excluding steroid dienone is 4. The molecule has 0 saturated carbocycles. The van der Waals surface area contributed by atoms with Gasteiger partial charge in [-0.3, -0.25) is 14.4 Å². The maximum atomic E-state index is 12.8. The standard InChI is InChI=1S/C28H38N2O9/c1-14-10-18-24(33)19(13-20(31)25(18)34)30-27(35)15(2)8-7-9-21(37-5)26(39-28(29)36)17(4)12-16(3)23(32)22(11-14)38-6/h7-9,12-14,16,21-23,26,32-33H,10-11H2,1-6H3,(H2,29,36)(H,30,35)/b9-7+,15-8+,17-12+/t14-,16+,21?,22?,23-,26+/m0/s1. The summed E-state index contributed by atoms with van der Waals surface area (Å²) in [5, 5.41) is 24.3. The number of carbonyl (C=O) groups excluding carboxylic acids is 4. The molecule has 39 heavy (non-hydrogen) atoms. The van der Waals surface area contributed by atoms with Crippen molar-refractivity contribution in [3.63, 3.8) is 0 Å². The first-order valence-electron chi connectivity index (χ1n) is 12.6. The van der Waals surface area contributed by atoms with Gasteiger partial charge in [0.2, 0.25) is 11.6 Å². The van der Waals surface area contributed by atoms with Gasteiger partial charge in [-0.1, -0.05) is 38.2 Å². The molecule has 11 heteroatoms. The van der Waals surface area contributed by atoms with Crippen molar-refractivity contribution >= 4 is 23.6 Å². The highest BCUT2D eigenvalue weighted by atomic mass is 16.6. The van der Waals surface area contributed by atoms with Crippen LogP contribution in [0.4, 0.5) is 4.79 Å². The Bertz CT molecular complexity index is 1130. The second-order valence-electron chi connectivity index (χ2n) is 9.90. The van der Waals surface area contributed by atoms with E-state index in [1.54, 1.807) is 32.9 Å². The number of Topliss-reactive ketones (excluding diaryl/α,β-unsaturated/α-hetero) is 1. The van der Waals surface area contributed by atoms with Gasteiger partial charge in [-0.15, -0.1) is 0 Å². The maximum absolute atomic E-state index is 12.8. The average molecular weight is 547 g/mol. The van der Waals surface area contributed by atoms with Crippen LogP contribution in [0.1, 0.15) is 40.5 Å². The van der Waals surface area contributed by atoms with Gasteiger partial charge in [-0.05, 0) is 38.2 Å². The van der Waals surface area contributed by atoms with E-state index in [1.807, 2.05) is 0 Å². The number of amides is 2. The lowest BCUT2D eigenvalue weighted by atomic mass is 9.85. The Hall–Kier alpha value is -3.54. The third-order valence-electron chi connectivity index (χ3n) is 6.77. The maximum Gasteiger partial charge on any atom is 0.405 e. The van der Waals surface area contributed by atoms with E-state index in [9.17, 15) is 29.4 Å². The molecule has 0 radical (unpaired) electrons. The lowest BCUT2D eigenvalue weighted by molar-refractivity contribution is -0.132. The van der Waals surface area contributed by atoms with Gasteiger partial charge < -0.3 is 35.5 Å². The summed E-state index contributed by atoms with van der Waals surface area (Å²) in [6, 6.07) is 0. The Balaban J connectivity index is 2.59. The third-order valence-corrected chi connectivity index (χ3v) is 6.77. The number of fused-ring (bicyclic) bond motifs is 1. The molecule has 5 N–H and O–H groups in total. The predicted molar refractivity (Wildman–Crippen MR) is 142 cm³/mol. The van der Waals surface area contributed by atoms with Crippen molar-refractivity contribution in [3.05, 3.63) is 58.6 Å². The Morgan fingerprint density at radius 1 is 1.13 bits per heavy atom. The number of rotatable bonds is 3. The predicted octanol–water partition coefficient (Wildman–Crippen LogP) is 2.32. The summed E-state index contributed by atoms with van der Waals surface area (Å²) in [5.74, 6) is -3.58. The van der Waals surface area contributed by atoms with Crippen LogP contribution in [0.3, 0.4) is 0 Å². The fourth-order valence-electron chi connectivity index (χ4n) is 4.57. The fraction of sp³-hybridized carbons (Fsp3) is 0.500. The molecular formula is C28H38N2O9. The minimum Gasteiger partial charge on any atom is -0.505 e. The smallest absolute Gasteiger partial charge is 0.405 e. The second kappa shape index (κ2) is 14.0. The van der Waals surface area contributed by atoms with Crippen LogP contribution in [0, 0.1) is 11.8 Å². The molecule has 2 bridgehead atoms. The molecule has 1 heterocycles. The van der Waals surface area contributed by atoms with Crippen LogP contribution in [0.5, 0.6) is 0 Å². The molecule has 1 aliphatic heterocycles. The van der Waals surface area contributed by atoms with E-state index in [0.29, 0.717) is 5.57 Å². The average Bonchev–Trinajstić information content (AvgIpc) is 2.88. The summed E-state index contributed by atoms with van der Waals surface area (Å²) >= 11 is 0. The number of nitrogens with one attached hydrogen (secondary N) is 1. The number of ketones is 2. The van der Waals surface area contributed by atoms with E-state index in [4.69, 9.17) is 19.9 Å². The monoisotopic (exact) mass is 546 g/mol. The fourth-order valence-corrected chi connectivity index (χ4v) is 4.57. The van der Waals surface area contributed by atoms with Gasteiger partial charge in [-0.2, -0.15) is 0 Å². The van der Waals surface area contributed by atoms with Crippen LogP contribution in [-0.2, 0) is 28.6 Å². The Kier molecular flexibility index (Phi) is 11.4. The van der Waals surface area contributed by atoms with Crippen LogP contribution in [0.2, 0.25) is 0 Å². The van der Waals surface area contributed by atoms with Crippen molar-refractivity contribution in [2.24, 2.45) is 17.6 Å². The molecule has 2 aliphatic rings. The number of methoxy groups -OCH3 is 2. The summed E-state index contributed by atoms with van der Waals surface area (Å²) in [5.41, 5.74) is 5.79. The van der Waals surface area contributed by atoms with Gasteiger partial charge in [0.1, 0.15) is 11.9 Å². The Morgan fingerprint density at radius 3 is 2.38 bits per heavy atom. The van der Waals surface area contributed by atoms with Crippen molar-refractivity contribution in [1.29, 1.82) is 0 Å². The van der Waals surface area contributed by atoms with Crippen molar-refractivity contribution < 1.29 is 43.6 Å². The van der Waals surface area contributed by atoms with E-state index >= 15 is 0 Å². The number of carbonyl (C=O) groups is 4. The van der Waals surface area contributed by atoms with Gasteiger partial charge >= 0.3 is 6.09 Å². The normalized spacial score (nSPS) is 33.3. The number of hydrogen-bond acceptors (Lipinski definition) is 9. The highest BCUT2D eigenvalue weighted by molar-refractivity contribution is 6.48. The zero-order chi connectivity index (χ0) is 29.4. The molecule has 0 fully saturated rings. The van der Waals surface area contributed by atoms with E-state index in [0.717, 1.165) is 6.08 Å². The molecule has 11 nitrogen and oxygen atoms in total. The number of hydrogen-bond donors (Lipinski definition) is 4. The first-order chi connectivity index (χ1) is 18.3. The Morgan fingerprint density at radius 2 is 1.79 bits per heavy atom. The highest BCUT2D eigenvalue weighted by Gasteiger charge is 2.33. The van der Waals surface area contributed by atoms with Crippen LogP contribution >= 0.6 is 0 Å². The van der Waals surface area contributed by atoms with Crippen molar-refractivity contribution in [2.45, 2.75) is 65.0 Å². The molecular weight excluding hydrogens is 508 g/mol. The van der Waals surface area contributed by atoms with Crippen LogP contribution < -0.4 is 11.1 Å². The largest absolute Gasteiger partial charge is 0.505 e. The van der Waals surface area contributed by atoms with Crippen LogP contribution in [-0.4, -0.2) is 72.4 Å². The van der Waals surface area contributed by atoms with E-state index in [2.05, 4.69) is 5.32 Å². The zero-order valence-corrected chi connectivity index (χ0v) is 23.1. The lowest BCUT2D eigenvalue weighted by Gasteiger charge is -2.29. The number of aliphatic hydroxyl groups excluding tert-OH is 2. The second-order valence-corrected chi connectivity index (χ2v) is 9.90. The summed E-state index contributed by atoms with van der Waals surface area (Å²) < 4.78 is 16.4. The molecule has 0 spiro atoms. The molecule has 2 amide bonds. The van der Waals surface area contributed by atoms with Crippen molar-refractivity contribution in [3.8, 4) is 0 Å². The molecule has 6 atom stereocenters. The van der Waals surface area contributed by atoms with Gasteiger partial charge in [-0.25, -0.2) is 4.79 Å². The summed E-state index contributed by atoms with van der Waals surface area (Å²) in [6.07, 6.45) is 3.07. The topological polar surface area (TPSA) is 174 Å². The van der Waals surface area contributed by atoms with Gasteiger partial charge in [0, 0.05) is 37.4 Å². The van der Waals surface area contributed by atoms with Crippen molar-refractivity contribution in [2.75, 3.05) is 14.2 Å². The van der Waals surface area contributed by atoms with Gasteiger partial charge in [0.15, 0.2) is 6.10 Å². The van der Waals surface area contributed by atoms with E-state index < -0.39 is 59.7 Å². The zero-order valence-electron chi connectivity index (χ0n) is 23.1. The molecule has 0 aromatic carbocycles. The molecule has 1 aliphatic carbocycles. The van der Waals surface area contributed by atoms with Gasteiger partial charge in [0.05, 0.1) is 17.9 Å². The van der Waals surface area contributed by atoms with Crippen LogP contribution in [0.25, 0.3) is 0 Å². The minimum atomic E-state index is -1.01. The lowest BCUT2D eigenvalue weighted by Crippen LogP contribution is -2.37. The molecule has 2 rings (SSSR count). The molecule has 0 aromatic rings. The van der Waals surface area contributed by atoms with Crippen molar-refractivity contribution in [1.82, 2.24) is 5.32 Å². The number of aliphatic hydroxyl groups is 2. The molecule has 0 aromatic heterocycles. The third kappa shape index (κ3) is 8.22. The first kappa shape index (κ1) is 31.7. The number of primary amides is 1. The van der Waals surface area contributed by atoms with Gasteiger partial charge in [0.25, 0.3) is 5.91 Å². The molecule has 2 unspecified atom stereocenters. The SMILES string of the molecule is COC1/C=C/C=C(\C)C(=O)NC2=CC(=O)C(=O)C(=C2O)C[C@H](C)CC(OC)[C@@H](O)[C@H](C)/C=C(\C)[C@H]1OC(N)=O. The van der Waals surface area contributed by atoms with E-state index in [1.165, 1.54) is 33.3 Å². The van der Waals surface area contributed by atoms with E-state index in [-0.39, 0.29) is 35.6 Å². The molecule has 214 valence electrons. The summed E-state index contributed by atoms with van der Waals surface area (Å²) in [7, 11) is 2.86. The number of ether oxygens (including phenoxy) is 3. The molecule has 0 saturated heterocycles. The minimum absolute atomic E-state index is 0.0149. The number of nitrogens with two attached hydrogens (primary N) is 1. The summed E-state index contributed by atoms with van der Waals surface area (Å²) in [6.45, 7) is 6.79. The highest BCUT2D eigenvalue weighted by Crippen LogP contribution is 2.29.